The minimum atomic E-state index is -3.73. The molecular formula is C21H16BrNO2S. The van der Waals surface area contributed by atoms with E-state index < -0.39 is 10.0 Å². The number of hydrogen-bond acceptors (Lipinski definition) is 2. The smallest absolute Gasteiger partial charge is 0.233 e. The number of benzene rings is 3. The second-order valence-electron chi connectivity index (χ2n) is 6.18. The van der Waals surface area contributed by atoms with Crippen molar-refractivity contribution in [3.05, 3.63) is 88.9 Å². The lowest BCUT2D eigenvalue weighted by Crippen LogP contribution is -2.14. The molecule has 0 saturated heterocycles. The third-order valence-electron chi connectivity index (χ3n) is 4.35. The third-order valence-corrected chi connectivity index (χ3v) is 6.58. The summed E-state index contributed by atoms with van der Waals surface area (Å²) in [6.45, 7) is 1.94. The molecule has 26 heavy (non-hydrogen) atoms. The van der Waals surface area contributed by atoms with Gasteiger partial charge in [0.05, 0.1) is 16.1 Å². The van der Waals surface area contributed by atoms with Crippen LogP contribution in [0.2, 0.25) is 0 Å². The molecule has 0 aliphatic heterocycles. The van der Waals surface area contributed by atoms with Crippen molar-refractivity contribution in [2.24, 2.45) is 0 Å². The Labute approximate surface area is 161 Å². The minimum absolute atomic E-state index is 0.278. The van der Waals surface area contributed by atoms with Crippen LogP contribution in [0.5, 0.6) is 0 Å². The van der Waals surface area contributed by atoms with Gasteiger partial charge in [0.1, 0.15) is 0 Å². The summed E-state index contributed by atoms with van der Waals surface area (Å²) in [5, 5.41) is 0.869. The molecule has 0 saturated carbocycles. The Hall–Kier alpha value is -2.37. The molecule has 0 spiro atoms. The van der Waals surface area contributed by atoms with Gasteiger partial charge in [-0.2, -0.15) is 0 Å². The van der Waals surface area contributed by atoms with Crippen molar-refractivity contribution in [2.75, 3.05) is 0 Å². The van der Waals surface area contributed by atoms with Crippen LogP contribution in [0.1, 0.15) is 5.56 Å². The molecule has 0 N–H and O–H groups in total. The van der Waals surface area contributed by atoms with Gasteiger partial charge < -0.3 is 0 Å². The highest BCUT2D eigenvalue weighted by Gasteiger charge is 2.23. The maximum Gasteiger partial charge on any atom is 0.268 e. The number of hydrogen-bond donors (Lipinski definition) is 0. The first-order valence-corrected chi connectivity index (χ1v) is 10.4. The van der Waals surface area contributed by atoms with E-state index in [0.29, 0.717) is 11.2 Å². The Balaban J connectivity index is 2.06. The van der Waals surface area contributed by atoms with E-state index in [4.69, 9.17) is 0 Å². The van der Waals surface area contributed by atoms with Crippen molar-refractivity contribution >= 4 is 36.9 Å². The van der Waals surface area contributed by atoms with Crippen molar-refractivity contribution in [3.8, 4) is 11.3 Å². The second-order valence-corrected chi connectivity index (χ2v) is 8.88. The average Bonchev–Trinajstić information content (AvgIpc) is 3.02. The molecule has 1 aromatic heterocycles. The van der Waals surface area contributed by atoms with Crippen molar-refractivity contribution in [3.63, 3.8) is 0 Å². The first-order valence-electron chi connectivity index (χ1n) is 8.15. The van der Waals surface area contributed by atoms with Crippen molar-refractivity contribution in [2.45, 2.75) is 11.8 Å². The van der Waals surface area contributed by atoms with Crippen LogP contribution in [-0.2, 0) is 10.0 Å². The number of aromatic nitrogens is 1. The molecule has 0 aliphatic carbocycles. The summed E-state index contributed by atoms with van der Waals surface area (Å²) in [4.78, 5) is 0.278. The first kappa shape index (κ1) is 17.1. The largest absolute Gasteiger partial charge is 0.268 e. The molecule has 130 valence electrons. The van der Waals surface area contributed by atoms with E-state index in [9.17, 15) is 8.42 Å². The van der Waals surface area contributed by atoms with Gasteiger partial charge in [-0.3, -0.25) is 0 Å². The SMILES string of the molecule is Cc1ccc(S(=O)(=O)n2c(-c3ccccc3)cc3cc(Br)ccc32)cc1. The highest BCUT2D eigenvalue weighted by atomic mass is 79.9. The van der Waals surface area contributed by atoms with Crippen LogP contribution in [0, 0.1) is 6.92 Å². The van der Waals surface area contributed by atoms with Crippen LogP contribution >= 0.6 is 15.9 Å². The van der Waals surface area contributed by atoms with E-state index in [0.717, 1.165) is 21.0 Å². The van der Waals surface area contributed by atoms with Gasteiger partial charge in [0.15, 0.2) is 0 Å². The topological polar surface area (TPSA) is 39.1 Å². The third kappa shape index (κ3) is 2.87. The second kappa shape index (κ2) is 6.41. The van der Waals surface area contributed by atoms with Gasteiger partial charge in [0.2, 0.25) is 0 Å². The zero-order valence-corrected chi connectivity index (χ0v) is 16.5. The van der Waals surface area contributed by atoms with Crippen molar-refractivity contribution in [1.82, 2.24) is 3.97 Å². The maximum atomic E-state index is 13.5. The number of fused-ring (bicyclic) bond motifs is 1. The van der Waals surface area contributed by atoms with Gasteiger partial charge >= 0.3 is 0 Å². The zero-order chi connectivity index (χ0) is 18.3. The fourth-order valence-corrected chi connectivity index (χ4v) is 4.96. The lowest BCUT2D eigenvalue weighted by Gasteiger charge is -2.12. The molecule has 0 atom stereocenters. The van der Waals surface area contributed by atoms with Gasteiger partial charge in [-0.25, -0.2) is 12.4 Å². The molecule has 0 fully saturated rings. The average molecular weight is 426 g/mol. The fourth-order valence-electron chi connectivity index (χ4n) is 3.05. The lowest BCUT2D eigenvalue weighted by molar-refractivity contribution is 0.589. The van der Waals surface area contributed by atoms with E-state index in [-0.39, 0.29) is 4.90 Å². The van der Waals surface area contributed by atoms with Gasteiger partial charge in [0, 0.05) is 9.86 Å². The van der Waals surface area contributed by atoms with E-state index >= 15 is 0 Å². The Kier molecular flexibility index (Phi) is 4.21. The number of aryl methyl sites for hydroxylation is 1. The molecule has 0 radical (unpaired) electrons. The Morgan fingerprint density at radius 2 is 1.54 bits per heavy atom. The predicted octanol–water partition coefficient (Wildman–Crippen LogP) is 5.62. The highest BCUT2D eigenvalue weighted by Crippen LogP contribution is 2.33. The van der Waals surface area contributed by atoms with Gasteiger partial charge in [-0.05, 0) is 48.9 Å². The minimum Gasteiger partial charge on any atom is -0.233 e. The molecule has 4 rings (SSSR count). The summed E-state index contributed by atoms with van der Waals surface area (Å²) in [6, 6.07) is 24.1. The molecule has 3 nitrogen and oxygen atoms in total. The summed E-state index contributed by atoms with van der Waals surface area (Å²) in [7, 11) is -3.73. The molecule has 1 heterocycles. The Bertz CT molecular complexity index is 1190. The molecule has 4 aromatic rings. The lowest BCUT2D eigenvalue weighted by atomic mass is 10.1. The Morgan fingerprint density at radius 3 is 2.23 bits per heavy atom. The van der Waals surface area contributed by atoms with E-state index in [1.807, 2.05) is 73.7 Å². The number of halogens is 1. The molecule has 0 bridgehead atoms. The van der Waals surface area contributed by atoms with Crippen LogP contribution in [0.25, 0.3) is 22.2 Å². The standard InChI is InChI=1S/C21H16BrNO2S/c1-15-7-10-19(11-8-15)26(24,25)23-20-12-9-18(22)13-17(20)14-21(23)16-5-3-2-4-6-16/h2-14H,1H3. The van der Waals surface area contributed by atoms with Crippen LogP contribution in [0.4, 0.5) is 0 Å². The van der Waals surface area contributed by atoms with Crippen LogP contribution < -0.4 is 0 Å². The summed E-state index contributed by atoms with van der Waals surface area (Å²) >= 11 is 3.47. The molecular weight excluding hydrogens is 410 g/mol. The summed E-state index contributed by atoms with van der Waals surface area (Å²) in [5.41, 5.74) is 3.19. The molecule has 0 amide bonds. The molecule has 0 aliphatic rings. The molecule has 5 heteroatoms. The Morgan fingerprint density at radius 1 is 0.846 bits per heavy atom. The summed E-state index contributed by atoms with van der Waals surface area (Å²) in [6.07, 6.45) is 0. The zero-order valence-electron chi connectivity index (χ0n) is 14.1. The fraction of sp³-hybridized carbons (Fsp3) is 0.0476. The van der Waals surface area contributed by atoms with Crippen molar-refractivity contribution < 1.29 is 8.42 Å². The van der Waals surface area contributed by atoms with Gasteiger partial charge in [-0.15, -0.1) is 0 Å². The predicted molar refractivity (Wildman–Crippen MR) is 109 cm³/mol. The highest BCUT2D eigenvalue weighted by molar-refractivity contribution is 9.10. The van der Waals surface area contributed by atoms with Crippen molar-refractivity contribution in [1.29, 1.82) is 0 Å². The quantitative estimate of drug-likeness (QED) is 0.427. The van der Waals surface area contributed by atoms with Crippen LogP contribution in [-0.4, -0.2) is 12.4 Å². The van der Waals surface area contributed by atoms with E-state index in [1.54, 1.807) is 12.1 Å². The monoisotopic (exact) mass is 425 g/mol. The first-order chi connectivity index (χ1) is 12.5. The van der Waals surface area contributed by atoms with E-state index in [2.05, 4.69) is 15.9 Å². The van der Waals surface area contributed by atoms with Gasteiger partial charge in [-0.1, -0.05) is 64.0 Å². The van der Waals surface area contributed by atoms with Crippen LogP contribution in [0.15, 0.2) is 88.2 Å². The summed E-state index contributed by atoms with van der Waals surface area (Å²) < 4.78 is 29.3. The van der Waals surface area contributed by atoms with E-state index in [1.165, 1.54) is 3.97 Å². The molecule has 3 aromatic carbocycles. The normalized spacial score (nSPS) is 11.8. The van der Waals surface area contributed by atoms with Crippen LogP contribution in [0.3, 0.4) is 0 Å². The van der Waals surface area contributed by atoms with Gasteiger partial charge in [0.25, 0.3) is 10.0 Å². The molecule has 0 unspecified atom stereocenters. The number of rotatable bonds is 3. The maximum absolute atomic E-state index is 13.5. The summed E-state index contributed by atoms with van der Waals surface area (Å²) in [5.74, 6) is 0. The number of nitrogens with zero attached hydrogens (tertiary/aromatic N) is 1.